The second-order valence-electron chi connectivity index (χ2n) is 10.1. The van der Waals surface area contributed by atoms with Gasteiger partial charge in [0.1, 0.15) is 17.2 Å². The Labute approximate surface area is 250 Å². The molecule has 11 nitrogen and oxygen atoms in total. The number of hydrogen-bond acceptors (Lipinski definition) is 9. The Bertz CT molecular complexity index is 1850. The summed E-state index contributed by atoms with van der Waals surface area (Å²) in [5.74, 6) is 0.0229. The number of pyridine rings is 1. The zero-order valence-corrected chi connectivity index (χ0v) is 24.8. The summed E-state index contributed by atoms with van der Waals surface area (Å²) in [4.78, 5) is 51.8. The molecule has 2 saturated heterocycles. The van der Waals surface area contributed by atoms with Gasteiger partial charge in [-0.1, -0.05) is 48.2 Å². The summed E-state index contributed by atoms with van der Waals surface area (Å²) in [6.07, 6.45) is 3.20. The first-order chi connectivity index (χ1) is 20.3. The van der Waals surface area contributed by atoms with Gasteiger partial charge in [0.05, 0.1) is 28.5 Å². The number of anilines is 2. The maximum atomic E-state index is 13.9. The molecule has 3 aromatic heterocycles. The highest BCUT2D eigenvalue weighted by molar-refractivity contribution is 8.27. The van der Waals surface area contributed by atoms with E-state index in [1.165, 1.54) is 14.0 Å². The number of piperazine rings is 1. The number of aromatic nitrogens is 4. The highest BCUT2D eigenvalue weighted by Crippen LogP contribution is 2.37. The molecule has 0 atom stereocenters. The molecule has 216 valence electrons. The summed E-state index contributed by atoms with van der Waals surface area (Å²) >= 11 is 6.68. The minimum atomic E-state index is -0.465. The Hall–Kier alpha value is -4.04. The maximum Gasteiger partial charge on any atom is 0.296 e. The zero-order chi connectivity index (χ0) is 29.5. The fraction of sp³-hybridized carbons (Fsp3) is 0.276. The Morgan fingerprint density at radius 2 is 1.71 bits per heavy atom. The average molecular weight is 604 g/mol. The molecule has 0 radical (unpaired) electrons. The Balaban J connectivity index is 1.42. The first kappa shape index (κ1) is 28.1. The third kappa shape index (κ3) is 4.77. The first-order valence-corrected chi connectivity index (χ1v) is 14.7. The fourth-order valence-corrected chi connectivity index (χ4v) is 6.64. The molecule has 42 heavy (non-hydrogen) atoms. The maximum absolute atomic E-state index is 13.9. The number of fused-ring (bicyclic) bond motifs is 1. The van der Waals surface area contributed by atoms with E-state index in [0.29, 0.717) is 55.6 Å². The van der Waals surface area contributed by atoms with Crippen LogP contribution in [-0.4, -0.2) is 78.3 Å². The largest absolute Gasteiger partial charge is 0.395 e. The number of rotatable bonds is 6. The molecule has 13 heteroatoms. The number of hydrogen-bond donors (Lipinski definition) is 1. The lowest BCUT2D eigenvalue weighted by atomic mass is 10.2. The van der Waals surface area contributed by atoms with Gasteiger partial charge in [-0.2, -0.15) is 0 Å². The fourth-order valence-electron chi connectivity index (χ4n) is 5.39. The molecule has 4 aromatic rings. The molecule has 6 rings (SSSR count). The number of thiocarbonyl (C=S) groups is 1. The monoisotopic (exact) mass is 603 g/mol. The Kier molecular flexibility index (Phi) is 7.58. The van der Waals surface area contributed by atoms with Gasteiger partial charge in [0.2, 0.25) is 0 Å². The molecular formula is C29H29N7O4S2. The minimum absolute atomic E-state index is 0.0833. The van der Waals surface area contributed by atoms with Crippen LogP contribution in [0.15, 0.2) is 69.2 Å². The van der Waals surface area contributed by atoms with Gasteiger partial charge in [0, 0.05) is 46.0 Å². The number of carbonyl (C=O) groups excluding carboxylic acids is 1. The number of aliphatic hydroxyl groups excluding tert-OH is 1. The smallest absolute Gasteiger partial charge is 0.296 e. The van der Waals surface area contributed by atoms with Crippen LogP contribution in [0.5, 0.6) is 0 Å². The summed E-state index contributed by atoms with van der Waals surface area (Å²) in [6.45, 7) is 5.07. The predicted molar refractivity (Wildman–Crippen MR) is 169 cm³/mol. The van der Waals surface area contributed by atoms with Crippen molar-refractivity contribution >= 4 is 57.4 Å². The molecule has 5 heterocycles. The van der Waals surface area contributed by atoms with E-state index in [4.69, 9.17) is 17.2 Å². The molecule has 0 saturated carbocycles. The molecule has 0 bridgehead atoms. The summed E-state index contributed by atoms with van der Waals surface area (Å²) < 4.78 is 4.87. The van der Waals surface area contributed by atoms with E-state index in [2.05, 4.69) is 4.90 Å². The number of thioether (sulfide) groups is 1. The predicted octanol–water partition coefficient (Wildman–Crippen LogP) is 2.01. The highest BCUT2D eigenvalue weighted by Gasteiger charge is 2.38. The number of para-hydroxylation sites is 1. The van der Waals surface area contributed by atoms with Crippen LogP contribution in [0.25, 0.3) is 17.4 Å². The molecule has 0 aliphatic carbocycles. The van der Waals surface area contributed by atoms with Gasteiger partial charge < -0.3 is 10.0 Å². The third-order valence-corrected chi connectivity index (χ3v) is 8.96. The van der Waals surface area contributed by atoms with Gasteiger partial charge in [-0.25, -0.2) is 9.67 Å². The van der Waals surface area contributed by atoms with Crippen molar-refractivity contribution in [2.24, 2.45) is 7.05 Å². The molecule has 2 aliphatic heterocycles. The van der Waals surface area contributed by atoms with Crippen molar-refractivity contribution in [1.29, 1.82) is 0 Å². The molecule has 1 aromatic carbocycles. The topological polar surface area (TPSA) is 108 Å². The lowest BCUT2D eigenvalue weighted by molar-refractivity contribution is -0.113. The van der Waals surface area contributed by atoms with Crippen LogP contribution in [0.4, 0.5) is 11.5 Å². The van der Waals surface area contributed by atoms with Gasteiger partial charge in [0.25, 0.3) is 17.0 Å². The van der Waals surface area contributed by atoms with Crippen molar-refractivity contribution < 1.29 is 9.90 Å². The van der Waals surface area contributed by atoms with Crippen molar-refractivity contribution in [2.75, 3.05) is 49.1 Å². The summed E-state index contributed by atoms with van der Waals surface area (Å²) in [5, 5.41) is 9.33. The Morgan fingerprint density at radius 3 is 2.43 bits per heavy atom. The molecule has 0 spiro atoms. The molecule has 0 unspecified atom stereocenters. The van der Waals surface area contributed by atoms with Crippen LogP contribution in [0.1, 0.15) is 11.3 Å². The van der Waals surface area contributed by atoms with Crippen LogP contribution in [-0.2, 0) is 11.8 Å². The van der Waals surface area contributed by atoms with E-state index >= 15 is 0 Å². The second-order valence-corrected chi connectivity index (χ2v) is 11.7. The molecule has 1 N–H and O–H groups in total. The van der Waals surface area contributed by atoms with Crippen molar-refractivity contribution in [1.82, 2.24) is 23.6 Å². The minimum Gasteiger partial charge on any atom is -0.395 e. The molecular weight excluding hydrogens is 574 g/mol. The number of β-amino-alcohol motifs (C(OH)–C–C–N with tert-alkyl or cyclic N) is 1. The van der Waals surface area contributed by atoms with Crippen LogP contribution >= 0.6 is 24.0 Å². The lowest BCUT2D eigenvalue weighted by Gasteiger charge is -2.35. The van der Waals surface area contributed by atoms with E-state index in [-0.39, 0.29) is 38.2 Å². The summed E-state index contributed by atoms with van der Waals surface area (Å²) in [6, 6.07) is 14.5. The van der Waals surface area contributed by atoms with E-state index in [1.807, 2.05) is 41.3 Å². The van der Waals surface area contributed by atoms with E-state index in [0.717, 1.165) is 11.8 Å². The lowest BCUT2D eigenvalue weighted by Crippen LogP contribution is -2.48. The van der Waals surface area contributed by atoms with Crippen molar-refractivity contribution in [3.05, 3.63) is 91.6 Å². The van der Waals surface area contributed by atoms with Gasteiger partial charge in [0.15, 0.2) is 4.32 Å². The highest BCUT2D eigenvalue weighted by atomic mass is 32.2. The number of carbonyl (C=O) groups is 1. The Morgan fingerprint density at radius 1 is 1.00 bits per heavy atom. The number of benzene rings is 1. The first-order valence-electron chi connectivity index (χ1n) is 13.5. The summed E-state index contributed by atoms with van der Waals surface area (Å²) in [7, 11) is 1.76. The molecule has 1 amide bonds. The number of aliphatic hydroxyl groups is 1. The van der Waals surface area contributed by atoms with Gasteiger partial charge in [-0.05, 0) is 37.3 Å². The van der Waals surface area contributed by atoms with Crippen molar-refractivity contribution in [2.45, 2.75) is 6.92 Å². The van der Waals surface area contributed by atoms with Crippen molar-refractivity contribution in [3.8, 4) is 5.69 Å². The number of nitrogens with zero attached hydrogens (tertiary/aromatic N) is 7. The van der Waals surface area contributed by atoms with Crippen LogP contribution in [0.3, 0.4) is 0 Å². The molecule has 2 fully saturated rings. The van der Waals surface area contributed by atoms with E-state index in [1.54, 1.807) is 43.1 Å². The van der Waals surface area contributed by atoms with Crippen LogP contribution < -0.4 is 20.9 Å². The zero-order valence-electron chi connectivity index (χ0n) is 23.1. The standard InChI is InChI=1S/C29H29N7O4S2/c1-19-24(28(40)36(31(19)2)20-8-4-3-5-9-20)35-27(39)22(42-29(35)41)18-21-25(33-14-12-32(13-15-33)16-17-37)30-23-10-6-7-11-34(23)26(21)38/h3-11,18,37H,12-17H2,1-2H3. The van der Waals surface area contributed by atoms with E-state index in [9.17, 15) is 19.5 Å². The van der Waals surface area contributed by atoms with Gasteiger partial charge in [-0.15, -0.1) is 0 Å². The SMILES string of the molecule is Cc1c(N2C(=O)C(=Cc3c(N4CCN(CCO)CC4)nc4ccccn4c3=O)SC2=S)c(=O)n(-c2ccccc2)n1C. The normalized spacial score (nSPS) is 17.3. The summed E-state index contributed by atoms with van der Waals surface area (Å²) in [5.41, 5.74) is 1.53. The van der Waals surface area contributed by atoms with Gasteiger partial charge >= 0.3 is 0 Å². The van der Waals surface area contributed by atoms with Crippen LogP contribution in [0.2, 0.25) is 0 Å². The van der Waals surface area contributed by atoms with Crippen molar-refractivity contribution in [3.63, 3.8) is 0 Å². The quantitative estimate of drug-likeness (QED) is 0.262. The van der Waals surface area contributed by atoms with E-state index < -0.39 is 5.91 Å². The number of amides is 1. The van der Waals surface area contributed by atoms with Gasteiger partial charge in [-0.3, -0.25) is 33.3 Å². The average Bonchev–Trinajstić information content (AvgIpc) is 3.39. The third-order valence-electron chi connectivity index (χ3n) is 7.65. The van der Waals surface area contributed by atoms with Crippen LogP contribution in [0, 0.1) is 6.92 Å². The second kappa shape index (κ2) is 11.3. The molecule has 2 aliphatic rings.